The molecule has 8 nitrogen and oxygen atoms in total. The Morgan fingerprint density at radius 3 is 1.54 bits per heavy atom. The molecule has 0 aromatic heterocycles. The number of hydrogen-bond acceptors (Lipinski definition) is 4. The molecule has 1 saturated carbocycles. The highest BCUT2D eigenvalue weighted by Crippen LogP contribution is 2.48. The van der Waals surface area contributed by atoms with Gasteiger partial charge in [-0.15, -0.1) is 0 Å². The van der Waals surface area contributed by atoms with Crippen molar-refractivity contribution in [3.63, 3.8) is 0 Å². The second-order valence-electron chi connectivity index (χ2n) is 8.13. The number of carboxylic acid groups (broad SMARTS) is 4. The van der Waals surface area contributed by atoms with Gasteiger partial charge in [0.15, 0.2) is 10.8 Å². The fourth-order valence-electron chi connectivity index (χ4n) is 3.94. The first-order chi connectivity index (χ1) is 11.8. The van der Waals surface area contributed by atoms with E-state index in [1.54, 1.807) is 0 Å². The van der Waals surface area contributed by atoms with Gasteiger partial charge in [-0.05, 0) is 56.8 Å². The zero-order chi connectivity index (χ0) is 20.4. The Morgan fingerprint density at radius 1 is 0.769 bits per heavy atom. The van der Waals surface area contributed by atoms with Gasteiger partial charge in [0, 0.05) is 0 Å². The molecule has 26 heavy (non-hydrogen) atoms. The Labute approximate surface area is 152 Å². The average Bonchev–Trinajstić information content (AvgIpc) is 2.53. The summed E-state index contributed by atoms with van der Waals surface area (Å²) in [5, 5.41) is 37.6. The molecule has 148 valence electrons. The lowest BCUT2D eigenvalue weighted by Gasteiger charge is -2.44. The van der Waals surface area contributed by atoms with Gasteiger partial charge >= 0.3 is 23.9 Å². The number of hydrogen-bond donors (Lipinski definition) is 4. The molecule has 0 heterocycles. The summed E-state index contributed by atoms with van der Waals surface area (Å²) in [6.07, 6.45) is 0.980. The standard InChI is InChI=1S/C18H28O8/c1-9-5-6-11(7-17(3,13(19)20)14(21)22)12(10(9)2)8-18(4,15(23)24)16(25)26/h9-12H,5-8H2,1-4H3,(H,19,20)(H,21,22)(H,23,24)(H,25,26). The Morgan fingerprint density at radius 2 is 1.15 bits per heavy atom. The number of aliphatic carboxylic acids is 4. The number of carboxylic acids is 4. The van der Waals surface area contributed by atoms with E-state index in [0.29, 0.717) is 6.42 Å². The maximum absolute atomic E-state index is 11.6. The summed E-state index contributed by atoms with van der Waals surface area (Å²) in [6.45, 7) is 6.17. The van der Waals surface area contributed by atoms with Gasteiger partial charge in [-0.2, -0.15) is 0 Å². The van der Waals surface area contributed by atoms with Crippen LogP contribution < -0.4 is 0 Å². The Kier molecular flexibility index (Phi) is 6.44. The molecule has 4 unspecified atom stereocenters. The third-order valence-corrected chi connectivity index (χ3v) is 6.37. The molecule has 0 aliphatic heterocycles. The van der Waals surface area contributed by atoms with Crippen LogP contribution in [0.5, 0.6) is 0 Å². The normalized spacial score (nSPS) is 26.9. The highest BCUT2D eigenvalue weighted by molar-refractivity contribution is 5.98. The van der Waals surface area contributed by atoms with Crippen LogP contribution in [0.25, 0.3) is 0 Å². The summed E-state index contributed by atoms with van der Waals surface area (Å²) in [5.41, 5.74) is -4.00. The van der Waals surface area contributed by atoms with Crippen LogP contribution in [0.15, 0.2) is 0 Å². The summed E-state index contributed by atoms with van der Waals surface area (Å²) in [5.74, 6) is -6.40. The van der Waals surface area contributed by atoms with Crippen molar-refractivity contribution < 1.29 is 39.6 Å². The van der Waals surface area contributed by atoms with Gasteiger partial charge in [-0.25, -0.2) is 0 Å². The molecular formula is C18H28O8. The second-order valence-corrected chi connectivity index (χ2v) is 8.13. The smallest absolute Gasteiger partial charge is 0.320 e. The Balaban J connectivity index is 3.24. The molecule has 0 aromatic carbocycles. The molecule has 0 radical (unpaired) electrons. The maximum atomic E-state index is 11.6. The van der Waals surface area contributed by atoms with Crippen molar-refractivity contribution in [2.24, 2.45) is 34.5 Å². The summed E-state index contributed by atoms with van der Waals surface area (Å²) in [7, 11) is 0. The van der Waals surface area contributed by atoms with Gasteiger partial charge in [-0.1, -0.05) is 20.3 Å². The van der Waals surface area contributed by atoms with Crippen LogP contribution in [0.2, 0.25) is 0 Å². The fraction of sp³-hybridized carbons (Fsp3) is 0.778. The molecule has 8 heteroatoms. The number of carbonyl (C=O) groups is 4. The van der Waals surface area contributed by atoms with Crippen molar-refractivity contribution in [2.45, 2.75) is 53.4 Å². The van der Waals surface area contributed by atoms with Crippen molar-refractivity contribution in [2.75, 3.05) is 0 Å². The van der Waals surface area contributed by atoms with Crippen LogP contribution in [0.3, 0.4) is 0 Å². The van der Waals surface area contributed by atoms with E-state index in [1.807, 2.05) is 13.8 Å². The summed E-state index contributed by atoms with van der Waals surface area (Å²) in [6, 6.07) is 0. The molecule has 1 rings (SSSR count). The summed E-state index contributed by atoms with van der Waals surface area (Å²) >= 11 is 0. The molecule has 0 amide bonds. The van der Waals surface area contributed by atoms with Crippen LogP contribution in [0.4, 0.5) is 0 Å². The van der Waals surface area contributed by atoms with Crippen LogP contribution in [-0.4, -0.2) is 44.3 Å². The van der Waals surface area contributed by atoms with E-state index in [0.717, 1.165) is 20.3 Å². The zero-order valence-electron chi connectivity index (χ0n) is 15.6. The van der Waals surface area contributed by atoms with Crippen LogP contribution >= 0.6 is 0 Å². The Hall–Kier alpha value is -2.12. The fourth-order valence-corrected chi connectivity index (χ4v) is 3.94. The van der Waals surface area contributed by atoms with Crippen molar-refractivity contribution in [1.29, 1.82) is 0 Å². The third kappa shape index (κ3) is 3.99. The monoisotopic (exact) mass is 372 g/mol. The van der Waals surface area contributed by atoms with Gasteiger partial charge in [0.2, 0.25) is 0 Å². The third-order valence-electron chi connectivity index (χ3n) is 6.37. The van der Waals surface area contributed by atoms with Crippen molar-refractivity contribution in [3.05, 3.63) is 0 Å². The van der Waals surface area contributed by atoms with E-state index in [4.69, 9.17) is 0 Å². The van der Waals surface area contributed by atoms with Gasteiger partial charge in [0.1, 0.15) is 0 Å². The van der Waals surface area contributed by atoms with Crippen LogP contribution in [0, 0.1) is 34.5 Å². The SMILES string of the molecule is CC1CCC(CC(C)(C(=O)O)C(=O)O)C(CC(C)(C(=O)O)C(=O)O)C1C. The minimum atomic E-state index is -2.00. The summed E-state index contributed by atoms with van der Waals surface area (Å²) in [4.78, 5) is 46.2. The largest absolute Gasteiger partial charge is 0.480 e. The molecule has 0 spiro atoms. The lowest BCUT2D eigenvalue weighted by atomic mass is 9.59. The maximum Gasteiger partial charge on any atom is 0.320 e. The first-order valence-corrected chi connectivity index (χ1v) is 8.71. The first-order valence-electron chi connectivity index (χ1n) is 8.71. The lowest BCUT2D eigenvalue weighted by molar-refractivity contribution is -0.170. The predicted octanol–water partition coefficient (Wildman–Crippen LogP) is 2.42. The van der Waals surface area contributed by atoms with Gasteiger partial charge in [0.05, 0.1) is 0 Å². The highest BCUT2D eigenvalue weighted by atomic mass is 16.4. The van der Waals surface area contributed by atoms with Gasteiger partial charge in [-0.3, -0.25) is 19.2 Å². The molecule has 0 saturated heterocycles. The second kappa shape index (κ2) is 7.63. The molecule has 4 N–H and O–H groups in total. The topological polar surface area (TPSA) is 149 Å². The van der Waals surface area contributed by atoms with Crippen LogP contribution in [0.1, 0.15) is 53.4 Å². The highest BCUT2D eigenvalue weighted by Gasteiger charge is 2.51. The van der Waals surface area contributed by atoms with E-state index in [9.17, 15) is 39.6 Å². The minimum absolute atomic E-state index is 0.0429. The molecule has 1 fully saturated rings. The predicted molar refractivity (Wildman–Crippen MR) is 90.5 cm³/mol. The number of rotatable bonds is 8. The quantitative estimate of drug-likeness (QED) is 0.474. The van der Waals surface area contributed by atoms with E-state index in [1.165, 1.54) is 0 Å². The van der Waals surface area contributed by atoms with E-state index in [-0.39, 0.29) is 30.6 Å². The van der Waals surface area contributed by atoms with Crippen molar-refractivity contribution >= 4 is 23.9 Å². The van der Waals surface area contributed by atoms with E-state index >= 15 is 0 Å². The molecule has 0 aromatic rings. The molecule has 1 aliphatic carbocycles. The lowest BCUT2D eigenvalue weighted by Crippen LogP contribution is -2.46. The van der Waals surface area contributed by atoms with E-state index in [2.05, 4.69) is 0 Å². The zero-order valence-corrected chi connectivity index (χ0v) is 15.6. The van der Waals surface area contributed by atoms with E-state index < -0.39 is 40.6 Å². The summed E-state index contributed by atoms with van der Waals surface area (Å²) < 4.78 is 0. The molecule has 1 aliphatic rings. The minimum Gasteiger partial charge on any atom is -0.480 e. The first kappa shape index (κ1) is 21.9. The van der Waals surface area contributed by atoms with Crippen molar-refractivity contribution in [3.8, 4) is 0 Å². The molecule has 0 bridgehead atoms. The van der Waals surface area contributed by atoms with Gasteiger partial charge in [0.25, 0.3) is 0 Å². The van der Waals surface area contributed by atoms with Crippen molar-refractivity contribution in [1.82, 2.24) is 0 Å². The van der Waals surface area contributed by atoms with Gasteiger partial charge < -0.3 is 20.4 Å². The van der Waals surface area contributed by atoms with Crippen LogP contribution in [-0.2, 0) is 19.2 Å². The molecule has 4 atom stereocenters. The molecular weight excluding hydrogens is 344 g/mol. The average molecular weight is 372 g/mol. The Bertz CT molecular complexity index is 568.